The van der Waals surface area contributed by atoms with Gasteiger partial charge >= 0.3 is 0 Å². The Hall–Kier alpha value is -1.39. The van der Waals surface area contributed by atoms with E-state index in [9.17, 15) is 4.79 Å². The maximum absolute atomic E-state index is 10.7. The van der Waals surface area contributed by atoms with Crippen LogP contribution >= 0.6 is 0 Å². The van der Waals surface area contributed by atoms with Crippen LogP contribution in [0.25, 0.3) is 0 Å². The van der Waals surface area contributed by atoms with E-state index in [0.717, 1.165) is 51.0 Å². The van der Waals surface area contributed by atoms with Crippen LogP contribution in [0.15, 0.2) is 24.3 Å². The molecule has 1 fully saturated rings. The smallest absolute Gasteiger partial charge is 0.157 e. The van der Waals surface area contributed by atoms with Gasteiger partial charge in [0.2, 0.25) is 0 Å². The minimum Gasteiger partial charge on any atom is -0.372 e. The van der Waals surface area contributed by atoms with Crippen molar-refractivity contribution in [3.63, 3.8) is 0 Å². The van der Waals surface area contributed by atoms with Gasteiger partial charge < -0.3 is 14.4 Å². The number of nitrogens with zero attached hydrogens (tertiary/aromatic N) is 1. The maximum atomic E-state index is 10.7. The van der Waals surface area contributed by atoms with Gasteiger partial charge in [-0.15, -0.1) is 0 Å². The third kappa shape index (κ3) is 6.62. The van der Waals surface area contributed by atoms with E-state index in [1.54, 1.807) is 0 Å². The van der Waals surface area contributed by atoms with Crippen molar-refractivity contribution in [1.29, 1.82) is 0 Å². The van der Waals surface area contributed by atoms with Crippen molar-refractivity contribution in [3.05, 3.63) is 29.8 Å². The van der Waals surface area contributed by atoms with Crippen LogP contribution in [0, 0.1) is 0 Å². The van der Waals surface area contributed by atoms with Crippen molar-refractivity contribution in [2.45, 2.75) is 58.2 Å². The fourth-order valence-corrected chi connectivity index (χ4v) is 3.05. The average Bonchev–Trinajstić information content (AvgIpc) is 2.65. The minimum absolute atomic E-state index is 0.0451. The van der Waals surface area contributed by atoms with E-state index in [4.69, 9.17) is 9.47 Å². The Bertz CT molecular complexity index is 454. The molecular weight excluding hydrogens is 302 g/mol. The molecule has 134 valence electrons. The Morgan fingerprint density at radius 1 is 1.17 bits per heavy atom. The molecule has 24 heavy (non-hydrogen) atoms. The highest BCUT2D eigenvalue weighted by atomic mass is 16.7. The molecule has 0 N–H and O–H groups in total. The summed E-state index contributed by atoms with van der Waals surface area (Å²) in [6.07, 6.45) is 9.10. The number of rotatable bonds is 11. The summed E-state index contributed by atoms with van der Waals surface area (Å²) in [4.78, 5) is 13.1. The summed E-state index contributed by atoms with van der Waals surface area (Å²) in [6.45, 7) is 5.89. The van der Waals surface area contributed by atoms with Gasteiger partial charge in [0, 0.05) is 37.6 Å². The Morgan fingerprint density at radius 2 is 1.96 bits per heavy atom. The molecule has 0 aliphatic carbocycles. The highest BCUT2D eigenvalue weighted by Crippen LogP contribution is 2.16. The van der Waals surface area contributed by atoms with Crippen LogP contribution in [-0.4, -0.2) is 38.9 Å². The third-order valence-corrected chi connectivity index (χ3v) is 4.54. The number of carbonyl (C=O) groups excluding carboxylic acids is 1. The summed E-state index contributed by atoms with van der Waals surface area (Å²) in [5.41, 5.74) is 1.93. The molecular formula is C20H31NO3. The molecule has 1 aliphatic heterocycles. The number of unbranched alkanes of at least 4 members (excludes halogenated alkanes) is 3. The third-order valence-electron chi connectivity index (χ3n) is 4.54. The fraction of sp³-hybridized carbons (Fsp3) is 0.650. The predicted octanol–water partition coefficient (Wildman–Crippen LogP) is 4.43. The van der Waals surface area contributed by atoms with E-state index in [-0.39, 0.29) is 6.29 Å². The van der Waals surface area contributed by atoms with Crippen LogP contribution in [0.2, 0.25) is 0 Å². The monoisotopic (exact) mass is 333 g/mol. The van der Waals surface area contributed by atoms with Crippen molar-refractivity contribution >= 4 is 12.0 Å². The van der Waals surface area contributed by atoms with Crippen LogP contribution in [0.4, 0.5) is 5.69 Å². The van der Waals surface area contributed by atoms with E-state index in [2.05, 4.69) is 11.8 Å². The Balaban J connectivity index is 1.55. The van der Waals surface area contributed by atoms with Gasteiger partial charge in [0.1, 0.15) is 6.29 Å². The Kier molecular flexibility index (Phi) is 8.85. The second-order valence-corrected chi connectivity index (χ2v) is 6.37. The normalized spacial score (nSPS) is 17.6. The molecule has 1 aromatic carbocycles. The number of hydrogen-bond donors (Lipinski definition) is 0. The average molecular weight is 333 g/mol. The molecule has 0 bridgehead atoms. The molecule has 0 aromatic heterocycles. The fourth-order valence-electron chi connectivity index (χ4n) is 3.05. The molecule has 0 spiro atoms. The first kappa shape index (κ1) is 18.9. The number of hydrogen-bond acceptors (Lipinski definition) is 4. The first-order valence-electron chi connectivity index (χ1n) is 9.37. The molecule has 1 unspecified atom stereocenters. The van der Waals surface area contributed by atoms with E-state index in [1.165, 1.54) is 37.8 Å². The molecule has 1 saturated heterocycles. The van der Waals surface area contributed by atoms with Crippen LogP contribution in [-0.2, 0) is 9.47 Å². The number of anilines is 1. The summed E-state index contributed by atoms with van der Waals surface area (Å²) >= 11 is 0. The van der Waals surface area contributed by atoms with E-state index >= 15 is 0 Å². The molecule has 1 aliphatic rings. The number of aldehydes is 1. The zero-order valence-electron chi connectivity index (χ0n) is 14.9. The molecule has 4 heteroatoms. The molecule has 1 heterocycles. The lowest BCUT2D eigenvalue weighted by Gasteiger charge is -2.23. The van der Waals surface area contributed by atoms with Gasteiger partial charge in [0.25, 0.3) is 0 Å². The summed E-state index contributed by atoms with van der Waals surface area (Å²) in [5, 5.41) is 0. The largest absolute Gasteiger partial charge is 0.372 e. The van der Waals surface area contributed by atoms with Gasteiger partial charge in [-0.25, -0.2) is 0 Å². The predicted molar refractivity (Wildman–Crippen MR) is 97.7 cm³/mol. The van der Waals surface area contributed by atoms with Crippen molar-refractivity contribution in [2.24, 2.45) is 0 Å². The highest BCUT2D eigenvalue weighted by Gasteiger charge is 2.13. The summed E-state index contributed by atoms with van der Waals surface area (Å²) in [6, 6.07) is 7.84. The second-order valence-electron chi connectivity index (χ2n) is 6.37. The van der Waals surface area contributed by atoms with Crippen LogP contribution < -0.4 is 4.90 Å². The molecule has 2 rings (SSSR count). The topological polar surface area (TPSA) is 38.8 Å². The van der Waals surface area contributed by atoms with Gasteiger partial charge in [-0.2, -0.15) is 0 Å². The van der Waals surface area contributed by atoms with Gasteiger partial charge in [0.05, 0.1) is 0 Å². The molecule has 1 aromatic rings. The number of carbonyl (C=O) groups is 1. The van der Waals surface area contributed by atoms with Gasteiger partial charge in [-0.1, -0.05) is 12.8 Å². The quantitative estimate of drug-likeness (QED) is 0.443. The van der Waals surface area contributed by atoms with Gasteiger partial charge in [-0.3, -0.25) is 4.79 Å². The molecule has 0 saturated carbocycles. The second kappa shape index (κ2) is 11.2. The van der Waals surface area contributed by atoms with Crippen molar-refractivity contribution in [1.82, 2.24) is 0 Å². The molecule has 1 atom stereocenters. The Labute approximate surface area is 146 Å². The first-order chi connectivity index (χ1) is 11.8. The first-order valence-corrected chi connectivity index (χ1v) is 9.37. The molecule has 4 nitrogen and oxygen atoms in total. The lowest BCUT2D eigenvalue weighted by Crippen LogP contribution is -2.24. The zero-order valence-corrected chi connectivity index (χ0v) is 14.9. The molecule has 0 radical (unpaired) electrons. The van der Waals surface area contributed by atoms with Crippen molar-refractivity contribution in [2.75, 3.05) is 31.2 Å². The van der Waals surface area contributed by atoms with E-state index in [0.29, 0.717) is 0 Å². The van der Waals surface area contributed by atoms with Crippen molar-refractivity contribution in [3.8, 4) is 0 Å². The number of ether oxygens (including phenoxy) is 2. The molecule has 0 amide bonds. The number of benzene rings is 1. The SMILES string of the molecule is CCN(CCCCCCOC1CCCCO1)c1ccc(C=O)cc1. The van der Waals surface area contributed by atoms with Crippen LogP contribution in [0.5, 0.6) is 0 Å². The van der Waals surface area contributed by atoms with Crippen LogP contribution in [0.3, 0.4) is 0 Å². The Morgan fingerprint density at radius 3 is 2.62 bits per heavy atom. The lowest BCUT2D eigenvalue weighted by molar-refractivity contribution is -0.162. The van der Waals surface area contributed by atoms with E-state index < -0.39 is 0 Å². The summed E-state index contributed by atoms with van der Waals surface area (Å²) < 4.78 is 11.3. The van der Waals surface area contributed by atoms with E-state index in [1.807, 2.05) is 24.3 Å². The lowest BCUT2D eigenvalue weighted by atomic mass is 10.1. The minimum atomic E-state index is 0.0451. The van der Waals surface area contributed by atoms with Crippen molar-refractivity contribution < 1.29 is 14.3 Å². The maximum Gasteiger partial charge on any atom is 0.157 e. The van der Waals surface area contributed by atoms with Gasteiger partial charge in [0.15, 0.2) is 6.29 Å². The highest BCUT2D eigenvalue weighted by molar-refractivity contribution is 5.75. The van der Waals surface area contributed by atoms with Crippen LogP contribution in [0.1, 0.15) is 62.2 Å². The zero-order chi connectivity index (χ0) is 17.0. The summed E-state index contributed by atoms with van der Waals surface area (Å²) in [5.74, 6) is 0. The standard InChI is InChI=1S/C20H31NO3/c1-2-21(19-12-10-18(17-22)11-13-19)14-6-3-4-7-15-23-20-9-5-8-16-24-20/h10-13,17,20H,2-9,14-16H2,1H3. The van der Waals surface area contributed by atoms with Gasteiger partial charge in [-0.05, 0) is 63.3 Å². The summed E-state index contributed by atoms with van der Waals surface area (Å²) in [7, 11) is 0.